The molecule has 1 amide bonds. The maximum Gasteiger partial charge on any atom is 0.257 e. The number of aryl methyl sites for hydroxylation is 1. The first kappa shape index (κ1) is 22.1. The Balaban J connectivity index is 1.34. The molecule has 1 unspecified atom stereocenters. The van der Waals surface area contributed by atoms with Gasteiger partial charge in [0.25, 0.3) is 5.91 Å². The average molecular weight is 450 g/mol. The summed E-state index contributed by atoms with van der Waals surface area (Å²) in [6.45, 7) is 5.32. The lowest BCUT2D eigenvalue weighted by atomic mass is 9.95. The van der Waals surface area contributed by atoms with E-state index in [2.05, 4.69) is 24.0 Å². The van der Waals surface area contributed by atoms with Crippen LogP contribution in [0.15, 0.2) is 53.6 Å². The molecule has 0 aromatic heterocycles. The number of piperidine rings is 1. The Bertz CT molecular complexity index is 1020. The molecule has 2 aromatic rings. The first-order valence-corrected chi connectivity index (χ1v) is 11.7. The molecule has 0 bridgehead atoms. The van der Waals surface area contributed by atoms with Gasteiger partial charge in [-0.3, -0.25) is 9.69 Å². The van der Waals surface area contributed by atoms with Crippen LogP contribution in [0.2, 0.25) is 0 Å². The van der Waals surface area contributed by atoms with E-state index in [9.17, 15) is 4.79 Å². The zero-order valence-electron chi connectivity index (χ0n) is 19.3. The largest absolute Gasteiger partial charge is 0.497 e. The van der Waals surface area contributed by atoms with Crippen molar-refractivity contribution in [1.82, 2.24) is 9.91 Å². The molecule has 2 saturated heterocycles. The molecule has 2 fully saturated rings. The van der Waals surface area contributed by atoms with Gasteiger partial charge in [0.15, 0.2) is 5.79 Å². The van der Waals surface area contributed by atoms with Gasteiger partial charge in [0.2, 0.25) is 0 Å². The molecule has 0 N–H and O–H groups in total. The molecule has 5 rings (SSSR count). The van der Waals surface area contributed by atoms with E-state index < -0.39 is 5.79 Å². The van der Waals surface area contributed by atoms with Crippen LogP contribution in [0.3, 0.4) is 0 Å². The molecule has 7 nitrogen and oxygen atoms in total. The lowest BCUT2D eigenvalue weighted by Gasteiger charge is -2.37. The topological polar surface area (TPSA) is 63.6 Å². The average Bonchev–Trinajstić information content (AvgIpc) is 3.49. The molecule has 0 saturated carbocycles. The highest BCUT2D eigenvalue weighted by molar-refractivity contribution is 6.03. The van der Waals surface area contributed by atoms with Crippen molar-refractivity contribution < 1.29 is 19.0 Å². The molecule has 174 valence electrons. The van der Waals surface area contributed by atoms with Crippen molar-refractivity contribution in [3.05, 3.63) is 65.2 Å². The van der Waals surface area contributed by atoms with Gasteiger partial charge in [-0.15, -0.1) is 0 Å². The van der Waals surface area contributed by atoms with E-state index in [-0.39, 0.29) is 11.9 Å². The number of carbonyl (C=O) groups excluding carboxylic acids is 1. The third kappa shape index (κ3) is 4.53. The fraction of sp³-hybridized carbons (Fsp3) is 0.462. The minimum Gasteiger partial charge on any atom is -0.497 e. The highest BCUT2D eigenvalue weighted by Gasteiger charge is 2.41. The summed E-state index contributed by atoms with van der Waals surface area (Å²) in [6.07, 6.45) is 2.28. The standard InChI is InChI=1S/C26H31N3O4/c1-19-5-3-4-6-22(19)24-17-23(20-7-9-21(31-2)10-8-20)27-29(24)25(30)18-28-13-11-26(12-14-28)32-15-16-33-26/h3-10,24H,11-18H2,1-2H3. The van der Waals surface area contributed by atoms with Crippen LogP contribution in [-0.2, 0) is 14.3 Å². The molecule has 1 atom stereocenters. The SMILES string of the molecule is COc1ccc(C2=NN(C(=O)CN3CCC4(CC3)OCCO4)C(c3ccccc3C)C2)cc1. The Morgan fingerprint density at radius 3 is 2.45 bits per heavy atom. The number of benzene rings is 2. The van der Waals surface area contributed by atoms with Crippen molar-refractivity contribution in [2.75, 3.05) is 40.0 Å². The van der Waals surface area contributed by atoms with Crippen molar-refractivity contribution in [3.63, 3.8) is 0 Å². The van der Waals surface area contributed by atoms with E-state index in [4.69, 9.17) is 19.3 Å². The van der Waals surface area contributed by atoms with Crippen LogP contribution in [0, 0.1) is 6.92 Å². The molecule has 33 heavy (non-hydrogen) atoms. The van der Waals surface area contributed by atoms with Gasteiger partial charge in [0, 0.05) is 32.4 Å². The molecular weight excluding hydrogens is 418 g/mol. The van der Waals surface area contributed by atoms with E-state index in [1.165, 1.54) is 5.56 Å². The Morgan fingerprint density at radius 2 is 1.79 bits per heavy atom. The molecule has 7 heteroatoms. The fourth-order valence-electron chi connectivity index (χ4n) is 5.00. The number of hydrazone groups is 1. The number of hydrogen-bond donors (Lipinski definition) is 0. The first-order valence-electron chi connectivity index (χ1n) is 11.7. The van der Waals surface area contributed by atoms with Gasteiger partial charge in [-0.25, -0.2) is 5.01 Å². The van der Waals surface area contributed by atoms with Crippen LogP contribution in [0.5, 0.6) is 5.75 Å². The summed E-state index contributed by atoms with van der Waals surface area (Å²) in [5, 5.41) is 6.54. The number of amides is 1. The number of hydrogen-bond acceptors (Lipinski definition) is 6. The Hall–Kier alpha value is -2.74. The number of rotatable bonds is 5. The summed E-state index contributed by atoms with van der Waals surface area (Å²) >= 11 is 0. The Morgan fingerprint density at radius 1 is 1.09 bits per heavy atom. The summed E-state index contributed by atoms with van der Waals surface area (Å²) in [5.74, 6) is 0.395. The van der Waals surface area contributed by atoms with Crippen molar-refractivity contribution >= 4 is 11.6 Å². The third-order valence-electron chi connectivity index (χ3n) is 6.93. The highest BCUT2D eigenvalue weighted by atomic mass is 16.7. The van der Waals surface area contributed by atoms with Crippen LogP contribution < -0.4 is 4.74 Å². The predicted octanol–water partition coefficient (Wildman–Crippen LogP) is 3.52. The summed E-state index contributed by atoms with van der Waals surface area (Å²) < 4.78 is 16.9. The summed E-state index contributed by atoms with van der Waals surface area (Å²) in [5.41, 5.74) is 4.25. The van der Waals surface area contributed by atoms with E-state index in [1.54, 1.807) is 12.1 Å². The van der Waals surface area contributed by atoms with Crippen molar-refractivity contribution in [3.8, 4) is 5.75 Å². The highest BCUT2D eigenvalue weighted by Crippen LogP contribution is 2.35. The summed E-state index contributed by atoms with van der Waals surface area (Å²) in [6, 6.07) is 16.0. The van der Waals surface area contributed by atoms with Crippen LogP contribution in [0.1, 0.15) is 42.0 Å². The normalized spacial score (nSPS) is 22.5. The van der Waals surface area contributed by atoms with Gasteiger partial charge in [-0.2, -0.15) is 5.10 Å². The second kappa shape index (κ2) is 9.25. The number of methoxy groups -OCH3 is 1. The second-order valence-corrected chi connectivity index (χ2v) is 8.97. The molecule has 3 heterocycles. The minimum atomic E-state index is -0.434. The van der Waals surface area contributed by atoms with Gasteiger partial charge >= 0.3 is 0 Å². The van der Waals surface area contributed by atoms with E-state index in [0.717, 1.165) is 48.5 Å². The summed E-state index contributed by atoms with van der Waals surface area (Å²) in [4.78, 5) is 15.7. The summed E-state index contributed by atoms with van der Waals surface area (Å²) in [7, 11) is 1.66. The molecule has 0 aliphatic carbocycles. The first-order chi connectivity index (χ1) is 16.1. The fourth-order valence-corrected chi connectivity index (χ4v) is 5.00. The molecule has 1 spiro atoms. The second-order valence-electron chi connectivity index (χ2n) is 8.97. The van der Waals surface area contributed by atoms with Crippen molar-refractivity contribution in [1.29, 1.82) is 0 Å². The number of nitrogens with zero attached hydrogens (tertiary/aromatic N) is 3. The van der Waals surface area contributed by atoms with E-state index in [1.807, 2.05) is 36.4 Å². The zero-order chi connectivity index (χ0) is 22.8. The lowest BCUT2D eigenvalue weighted by molar-refractivity contribution is -0.186. The monoisotopic (exact) mass is 449 g/mol. The minimum absolute atomic E-state index is 0.0240. The maximum absolute atomic E-state index is 13.5. The predicted molar refractivity (Wildman–Crippen MR) is 125 cm³/mol. The molecule has 0 radical (unpaired) electrons. The van der Waals surface area contributed by atoms with Gasteiger partial charge in [-0.05, 0) is 47.9 Å². The van der Waals surface area contributed by atoms with Gasteiger partial charge in [0.05, 0.1) is 38.6 Å². The quantitative estimate of drug-likeness (QED) is 0.699. The van der Waals surface area contributed by atoms with Crippen LogP contribution in [-0.4, -0.2) is 67.3 Å². The van der Waals surface area contributed by atoms with Gasteiger partial charge < -0.3 is 14.2 Å². The van der Waals surface area contributed by atoms with E-state index in [0.29, 0.717) is 26.2 Å². The van der Waals surface area contributed by atoms with Gasteiger partial charge in [-0.1, -0.05) is 24.3 Å². The molecule has 2 aromatic carbocycles. The zero-order valence-corrected chi connectivity index (χ0v) is 19.3. The number of ether oxygens (including phenoxy) is 3. The number of likely N-dealkylation sites (tertiary alicyclic amines) is 1. The number of carbonyl (C=O) groups is 1. The third-order valence-corrected chi connectivity index (χ3v) is 6.93. The van der Waals surface area contributed by atoms with Crippen LogP contribution in [0.4, 0.5) is 0 Å². The Labute approximate surface area is 194 Å². The smallest absolute Gasteiger partial charge is 0.257 e. The van der Waals surface area contributed by atoms with Crippen molar-refractivity contribution in [2.24, 2.45) is 5.10 Å². The molecule has 3 aliphatic heterocycles. The molecular formula is C26H31N3O4. The van der Waals surface area contributed by atoms with Crippen LogP contribution >= 0.6 is 0 Å². The lowest BCUT2D eigenvalue weighted by Crippen LogP contribution is -2.48. The molecule has 3 aliphatic rings. The van der Waals surface area contributed by atoms with E-state index >= 15 is 0 Å². The Kier molecular flexibility index (Phi) is 6.19. The maximum atomic E-state index is 13.5. The van der Waals surface area contributed by atoms with Gasteiger partial charge in [0.1, 0.15) is 5.75 Å². The van der Waals surface area contributed by atoms with Crippen molar-refractivity contribution in [2.45, 2.75) is 38.0 Å². The van der Waals surface area contributed by atoms with Crippen LogP contribution in [0.25, 0.3) is 0 Å².